The molecule has 7 heteroatoms. The summed E-state index contributed by atoms with van der Waals surface area (Å²) in [5.41, 5.74) is -0.107. The van der Waals surface area contributed by atoms with Crippen molar-refractivity contribution >= 4 is 15.7 Å². The lowest BCUT2D eigenvalue weighted by atomic mass is 10.3. The van der Waals surface area contributed by atoms with Crippen LogP contribution in [0.1, 0.15) is 19.8 Å². The molecule has 2 rings (SSSR count). The highest BCUT2D eigenvalue weighted by Gasteiger charge is 2.43. The van der Waals surface area contributed by atoms with Gasteiger partial charge >= 0.3 is 0 Å². The van der Waals surface area contributed by atoms with E-state index in [4.69, 9.17) is 0 Å². The summed E-state index contributed by atoms with van der Waals surface area (Å²) < 4.78 is 25.7. The van der Waals surface area contributed by atoms with Gasteiger partial charge in [0.2, 0.25) is 10.0 Å². The minimum absolute atomic E-state index is 0.0928. The summed E-state index contributed by atoms with van der Waals surface area (Å²) in [6, 6.07) is 5.09. The van der Waals surface area contributed by atoms with Crippen molar-refractivity contribution in [2.24, 2.45) is 0 Å². The van der Waals surface area contributed by atoms with Crippen molar-refractivity contribution in [3.63, 3.8) is 0 Å². The van der Waals surface area contributed by atoms with E-state index in [1.54, 1.807) is 0 Å². The molecule has 2 unspecified atom stereocenters. The van der Waals surface area contributed by atoms with E-state index < -0.39 is 14.9 Å². The Morgan fingerprint density at radius 2 is 2.00 bits per heavy atom. The van der Waals surface area contributed by atoms with Crippen molar-refractivity contribution in [2.45, 2.75) is 30.7 Å². The molecule has 18 heavy (non-hydrogen) atoms. The van der Waals surface area contributed by atoms with E-state index in [1.165, 1.54) is 28.6 Å². The molecule has 98 valence electrons. The molecule has 1 aliphatic heterocycles. The highest BCUT2D eigenvalue weighted by molar-refractivity contribution is 7.89. The van der Waals surface area contributed by atoms with Crippen molar-refractivity contribution in [1.29, 1.82) is 0 Å². The van der Waals surface area contributed by atoms with Crippen molar-refractivity contribution in [3.8, 4) is 0 Å². The van der Waals surface area contributed by atoms with Crippen LogP contribution in [0.2, 0.25) is 0 Å². The minimum Gasteiger partial charge on any atom is -0.258 e. The maximum atomic E-state index is 12.1. The van der Waals surface area contributed by atoms with Crippen LogP contribution in [0.4, 0.5) is 5.69 Å². The first kappa shape index (κ1) is 13.0. The van der Waals surface area contributed by atoms with Crippen molar-refractivity contribution in [2.75, 3.05) is 6.54 Å². The van der Waals surface area contributed by atoms with Crippen LogP contribution < -0.4 is 0 Å². The standard InChI is InChI=1S/C11H14N2O4S/c1-2-3-10-8-12(10)18(16,17)11-6-4-9(5-7-11)13(14)15/h4-7,10H,2-3,8H2,1H3. The van der Waals surface area contributed by atoms with E-state index in [2.05, 4.69) is 0 Å². The Labute approximate surface area is 105 Å². The van der Waals surface area contributed by atoms with Crippen LogP contribution in [0.5, 0.6) is 0 Å². The molecular weight excluding hydrogens is 256 g/mol. The fraction of sp³-hybridized carbons (Fsp3) is 0.455. The Kier molecular flexibility index (Phi) is 3.36. The van der Waals surface area contributed by atoms with E-state index >= 15 is 0 Å². The van der Waals surface area contributed by atoms with Gasteiger partial charge in [0, 0.05) is 24.7 Å². The zero-order valence-electron chi connectivity index (χ0n) is 9.94. The fourth-order valence-corrected chi connectivity index (χ4v) is 3.52. The van der Waals surface area contributed by atoms with Crippen LogP contribution in [-0.2, 0) is 10.0 Å². The molecule has 1 fully saturated rings. The number of hydrogen-bond donors (Lipinski definition) is 0. The van der Waals surface area contributed by atoms with Gasteiger partial charge in [-0.3, -0.25) is 10.1 Å². The number of nitro benzene ring substituents is 1. The Bertz CT molecular complexity index is 553. The Morgan fingerprint density at radius 3 is 2.50 bits per heavy atom. The Hall–Kier alpha value is -1.47. The van der Waals surface area contributed by atoms with E-state index in [0.717, 1.165) is 12.8 Å². The zero-order chi connectivity index (χ0) is 13.3. The summed E-state index contributed by atoms with van der Waals surface area (Å²) in [6.45, 7) is 2.56. The molecule has 0 N–H and O–H groups in total. The predicted molar refractivity (Wildman–Crippen MR) is 65.7 cm³/mol. The van der Waals surface area contributed by atoms with Gasteiger partial charge in [-0.1, -0.05) is 13.3 Å². The van der Waals surface area contributed by atoms with Crippen LogP contribution >= 0.6 is 0 Å². The Morgan fingerprint density at radius 1 is 1.39 bits per heavy atom. The van der Waals surface area contributed by atoms with Crippen LogP contribution in [0.25, 0.3) is 0 Å². The number of benzene rings is 1. The number of nitrogens with zero attached hydrogens (tertiary/aromatic N) is 2. The molecule has 1 saturated heterocycles. The molecule has 2 atom stereocenters. The lowest BCUT2D eigenvalue weighted by Crippen LogP contribution is -2.14. The van der Waals surface area contributed by atoms with Gasteiger partial charge in [-0.15, -0.1) is 0 Å². The van der Waals surface area contributed by atoms with Crippen LogP contribution in [0.3, 0.4) is 0 Å². The maximum absolute atomic E-state index is 12.1. The molecule has 0 amide bonds. The summed E-state index contributed by atoms with van der Waals surface area (Å²) in [6.07, 6.45) is 1.79. The summed E-state index contributed by atoms with van der Waals surface area (Å²) in [5.74, 6) is 0. The molecule has 6 nitrogen and oxygen atoms in total. The number of nitro groups is 1. The molecule has 0 bridgehead atoms. The monoisotopic (exact) mass is 270 g/mol. The van der Waals surface area contributed by atoms with E-state index in [9.17, 15) is 18.5 Å². The van der Waals surface area contributed by atoms with E-state index in [1.807, 2.05) is 6.92 Å². The SMILES string of the molecule is CCCC1CN1S(=O)(=O)c1ccc([N+](=O)[O-])cc1. The van der Waals surface area contributed by atoms with Gasteiger partial charge in [-0.2, -0.15) is 4.31 Å². The molecule has 0 aromatic heterocycles. The second-order valence-electron chi connectivity index (χ2n) is 4.27. The molecule has 1 aromatic carbocycles. The van der Waals surface area contributed by atoms with Crippen molar-refractivity contribution in [3.05, 3.63) is 34.4 Å². The molecule has 1 heterocycles. The van der Waals surface area contributed by atoms with E-state index in [0.29, 0.717) is 6.54 Å². The molecule has 0 aliphatic carbocycles. The summed E-state index contributed by atoms with van der Waals surface area (Å²) in [7, 11) is -3.47. The van der Waals surface area contributed by atoms with E-state index in [-0.39, 0.29) is 16.6 Å². The third-order valence-electron chi connectivity index (χ3n) is 2.94. The van der Waals surface area contributed by atoms with Gasteiger partial charge in [-0.05, 0) is 18.6 Å². The molecule has 0 radical (unpaired) electrons. The van der Waals surface area contributed by atoms with Gasteiger partial charge in [0.25, 0.3) is 5.69 Å². The first-order valence-corrected chi connectivity index (χ1v) is 7.17. The number of hydrogen-bond acceptors (Lipinski definition) is 4. The minimum atomic E-state index is -3.47. The third-order valence-corrected chi connectivity index (χ3v) is 4.87. The predicted octanol–water partition coefficient (Wildman–Crippen LogP) is 1.77. The smallest absolute Gasteiger partial charge is 0.258 e. The average molecular weight is 270 g/mol. The Balaban J connectivity index is 2.19. The molecular formula is C11H14N2O4S. The van der Waals surface area contributed by atoms with Crippen LogP contribution in [-0.4, -0.2) is 30.2 Å². The van der Waals surface area contributed by atoms with Crippen LogP contribution in [0, 0.1) is 10.1 Å². The quantitative estimate of drug-likeness (QED) is 0.464. The lowest BCUT2D eigenvalue weighted by Gasteiger charge is -2.05. The molecule has 0 saturated carbocycles. The van der Waals surface area contributed by atoms with Gasteiger partial charge in [-0.25, -0.2) is 8.42 Å². The van der Waals surface area contributed by atoms with Gasteiger partial charge < -0.3 is 0 Å². The second kappa shape index (κ2) is 4.66. The normalized spacial score (nSPS) is 22.7. The van der Waals surface area contributed by atoms with Crippen molar-refractivity contribution < 1.29 is 13.3 Å². The second-order valence-corrected chi connectivity index (χ2v) is 6.16. The van der Waals surface area contributed by atoms with Crippen LogP contribution in [0.15, 0.2) is 29.2 Å². The topological polar surface area (TPSA) is 80.3 Å². The summed E-state index contributed by atoms with van der Waals surface area (Å²) in [5, 5.41) is 10.5. The highest BCUT2D eigenvalue weighted by atomic mass is 32.2. The third kappa shape index (κ3) is 2.37. The first-order valence-electron chi connectivity index (χ1n) is 5.73. The average Bonchev–Trinajstić information content (AvgIpc) is 3.10. The molecule has 0 spiro atoms. The van der Waals surface area contributed by atoms with Gasteiger partial charge in [0.15, 0.2) is 0 Å². The number of non-ortho nitro benzene ring substituents is 1. The number of sulfonamides is 1. The highest BCUT2D eigenvalue weighted by Crippen LogP contribution is 2.31. The molecule has 1 aromatic rings. The maximum Gasteiger partial charge on any atom is 0.269 e. The zero-order valence-corrected chi connectivity index (χ0v) is 10.8. The van der Waals surface area contributed by atoms with Crippen molar-refractivity contribution in [1.82, 2.24) is 4.31 Å². The molecule has 1 aliphatic rings. The number of rotatable bonds is 5. The first-order chi connectivity index (χ1) is 8.46. The fourth-order valence-electron chi connectivity index (χ4n) is 1.90. The van der Waals surface area contributed by atoms with Gasteiger partial charge in [0.1, 0.15) is 0 Å². The van der Waals surface area contributed by atoms with Gasteiger partial charge in [0.05, 0.1) is 9.82 Å². The largest absolute Gasteiger partial charge is 0.269 e. The summed E-state index contributed by atoms with van der Waals surface area (Å²) in [4.78, 5) is 10.1. The lowest BCUT2D eigenvalue weighted by molar-refractivity contribution is -0.384. The summed E-state index contributed by atoms with van der Waals surface area (Å²) >= 11 is 0.